The number of aliphatic hydroxyl groups excluding tert-OH is 1. The second kappa shape index (κ2) is 6.84. The van der Waals surface area contributed by atoms with Crippen LogP contribution in [0.5, 0.6) is 0 Å². The highest BCUT2D eigenvalue weighted by molar-refractivity contribution is 5.42. The maximum Gasteiger partial charge on any atom is 0.129 e. The predicted molar refractivity (Wildman–Crippen MR) is 77.2 cm³/mol. The zero-order valence-electron chi connectivity index (χ0n) is 11.7. The van der Waals surface area contributed by atoms with Gasteiger partial charge in [0.1, 0.15) is 5.82 Å². The minimum Gasteiger partial charge on any atom is -0.395 e. The van der Waals surface area contributed by atoms with Crippen LogP contribution in [-0.4, -0.2) is 54.3 Å². The summed E-state index contributed by atoms with van der Waals surface area (Å²) in [4.78, 5) is 9.25. The van der Waals surface area contributed by atoms with Gasteiger partial charge in [0.2, 0.25) is 0 Å². The molecule has 0 atom stereocenters. The number of aliphatic hydroxyl groups is 1. The van der Waals surface area contributed by atoms with Crippen LogP contribution in [0.4, 0.5) is 5.82 Å². The van der Waals surface area contributed by atoms with E-state index in [9.17, 15) is 0 Å². The fourth-order valence-corrected chi connectivity index (χ4v) is 2.57. The Bertz CT molecular complexity index is 410. The first kappa shape index (κ1) is 14.2. The molecule has 0 saturated carbocycles. The van der Waals surface area contributed by atoms with Crippen molar-refractivity contribution in [2.75, 3.05) is 44.2 Å². The minimum atomic E-state index is 0.236. The number of aryl methyl sites for hydroxylation is 1. The molecule has 1 fully saturated rings. The van der Waals surface area contributed by atoms with Crippen LogP contribution in [0.15, 0.2) is 12.1 Å². The van der Waals surface area contributed by atoms with Crippen LogP contribution < -0.4 is 10.6 Å². The quantitative estimate of drug-likeness (QED) is 0.821. The molecule has 5 heteroatoms. The zero-order valence-corrected chi connectivity index (χ0v) is 11.7. The smallest absolute Gasteiger partial charge is 0.129 e. The summed E-state index contributed by atoms with van der Waals surface area (Å²) < 4.78 is 0. The molecule has 0 aliphatic carbocycles. The fraction of sp³-hybridized carbons (Fsp3) is 0.643. The highest BCUT2D eigenvalue weighted by Gasteiger charge is 2.16. The first-order valence-corrected chi connectivity index (χ1v) is 6.98. The van der Waals surface area contributed by atoms with Crippen LogP contribution in [0.25, 0.3) is 0 Å². The average molecular weight is 264 g/mol. The summed E-state index contributed by atoms with van der Waals surface area (Å²) in [5.74, 6) is 1.03. The Balaban J connectivity index is 2.07. The highest BCUT2D eigenvalue weighted by Crippen LogP contribution is 2.17. The van der Waals surface area contributed by atoms with E-state index in [1.165, 1.54) is 0 Å². The summed E-state index contributed by atoms with van der Waals surface area (Å²) >= 11 is 0. The number of anilines is 1. The Morgan fingerprint density at radius 3 is 2.84 bits per heavy atom. The van der Waals surface area contributed by atoms with Gasteiger partial charge in [0.15, 0.2) is 0 Å². The molecule has 106 valence electrons. The number of hydrogen-bond donors (Lipinski definition) is 2. The first-order valence-electron chi connectivity index (χ1n) is 6.98. The third kappa shape index (κ3) is 3.89. The number of nitrogens with two attached hydrogens (primary N) is 1. The summed E-state index contributed by atoms with van der Waals surface area (Å²) in [7, 11) is 0. The van der Waals surface area contributed by atoms with Crippen molar-refractivity contribution in [2.45, 2.75) is 19.9 Å². The molecule has 2 heterocycles. The van der Waals surface area contributed by atoms with Crippen molar-refractivity contribution in [3.05, 3.63) is 23.4 Å². The van der Waals surface area contributed by atoms with Crippen molar-refractivity contribution < 1.29 is 5.11 Å². The Morgan fingerprint density at radius 1 is 1.26 bits per heavy atom. The van der Waals surface area contributed by atoms with Gasteiger partial charge in [-0.15, -0.1) is 0 Å². The lowest BCUT2D eigenvalue weighted by molar-refractivity contribution is 0.204. The third-order valence-corrected chi connectivity index (χ3v) is 3.56. The van der Waals surface area contributed by atoms with Gasteiger partial charge in [-0.1, -0.05) is 0 Å². The molecule has 5 nitrogen and oxygen atoms in total. The molecule has 2 rings (SSSR count). The van der Waals surface area contributed by atoms with E-state index in [4.69, 9.17) is 10.8 Å². The van der Waals surface area contributed by atoms with Crippen molar-refractivity contribution >= 4 is 5.82 Å². The molecular weight excluding hydrogens is 240 g/mol. The van der Waals surface area contributed by atoms with E-state index < -0.39 is 0 Å². The van der Waals surface area contributed by atoms with E-state index in [0.29, 0.717) is 6.54 Å². The van der Waals surface area contributed by atoms with Gasteiger partial charge in [-0.3, -0.25) is 4.90 Å². The molecule has 1 saturated heterocycles. The van der Waals surface area contributed by atoms with Crippen LogP contribution in [0.3, 0.4) is 0 Å². The topological polar surface area (TPSA) is 65.6 Å². The van der Waals surface area contributed by atoms with Crippen LogP contribution >= 0.6 is 0 Å². The lowest BCUT2D eigenvalue weighted by Gasteiger charge is -2.23. The summed E-state index contributed by atoms with van der Waals surface area (Å²) in [6.45, 7) is 7.58. The summed E-state index contributed by atoms with van der Waals surface area (Å²) in [5, 5.41) is 9.02. The Kier molecular flexibility index (Phi) is 5.13. The number of pyridine rings is 1. The maximum atomic E-state index is 9.02. The summed E-state index contributed by atoms with van der Waals surface area (Å²) in [5.41, 5.74) is 7.89. The van der Waals surface area contributed by atoms with E-state index in [0.717, 1.165) is 56.2 Å². The molecule has 0 unspecified atom stereocenters. The van der Waals surface area contributed by atoms with Crippen molar-refractivity contribution in [1.82, 2.24) is 9.88 Å². The van der Waals surface area contributed by atoms with E-state index in [1.54, 1.807) is 0 Å². The van der Waals surface area contributed by atoms with Crippen LogP contribution in [0.1, 0.15) is 17.7 Å². The zero-order chi connectivity index (χ0) is 13.7. The van der Waals surface area contributed by atoms with Crippen molar-refractivity contribution in [3.63, 3.8) is 0 Å². The van der Waals surface area contributed by atoms with Gasteiger partial charge >= 0.3 is 0 Å². The Morgan fingerprint density at radius 2 is 2.11 bits per heavy atom. The van der Waals surface area contributed by atoms with Crippen molar-refractivity contribution in [3.8, 4) is 0 Å². The number of aromatic nitrogens is 1. The van der Waals surface area contributed by atoms with Crippen molar-refractivity contribution in [1.29, 1.82) is 0 Å². The van der Waals surface area contributed by atoms with Gasteiger partial charge < -0.3 is 15.7 Å². The van der Waals surface area contributed by atoms with Gasteiger partial charge in [-0.2, -0.15) is 0 Å². The van der Waals surface area contributed by atoms with Gasteiger partial charge in [0.05, 0.1) is 6.61 Å². The van der Waals surface area contributed by atoms with Crippen LogP contribution in [0, 0.1) is 6.92 Å². The monoisotopic (exact) mass is 264 g/mol. The standard InChI is InChI=1S/C14H24N4O/c1-12-9-13(11-15)10-14(16-12)18-4-2-3-17(5-6-18)7-8-19/h9-10,19H,2-8,11,15H2,1H3. The predicted octanol–water partition coefficient (Wildman–Crippen LogP) is 0.353. The SMILES string of the molecule is Cc1cc(CN)cc(N2CCCN(CCO)CC2)n1. The molecule has 0 bridgehead atoms. The van der Waals surface area contributed by atoms with Gasteiger partial charge in [0.25, 0.3) is 0 Å². The lowest BCUT2D eigenvalue weighted by Crippen LogP contribution is -2.32. The molecule has 0 amide bonds. The molecule has 1 aromatic rings. The van der Waals surface area contributed by atoms with Gasteiger partial charge in [0, 0.05) is 38.4 Å². The molecule has 3 N–H and O–H groups in total. The third-order valence-electron chi connectivity index (χ3n) is 3.56. The second-order valence-corrected chi connectivity index (χ2v) is 5.08. The number of rotatable bonds is 4. The van der Waals surface area contributed by atoms with Gasteiger partial charge in [-0.05, 0) is 37.6 Å². The summed E-state index contributed by atoms with van der Waals surface area (Å²) in [6, 6.07) is 4.13. The number of β-amino-alcohol motifs (C(OH)–C–C–N with tert-alkyl or cyclic N) is 1. The van der Waals surface area contributed by atoms with Crippen LogP contribution in [-0.2, 0) is 6.54 Å². The largest absolute Gasteiger partial charge is 0.395 e. The van der Waals surface area contributed by atoms with Crippen LogP contribution in [0.2, 0.25) is 0 Å². The average Bonchev–Trinajstić information content (AvgIpc) is 2.64. The molecule has 0 spiro atoms. The molecule has 1 aliphatic rings. The molecule has 1 aliphatic heterocycles. The normalized spacial score (nSPS) is 17.5. The summed E-state index contributed by atoms with van der Waals surface area (Å²) in [6.07, 6.45) is 1.10. The molecule has 1 aromatic heterocycles. The molecule has 0 aromatic carbocycles. The molecular formula is C14H24N4O. The highest BCUT2D eigenvalue weighted by atomic mass is 16.3. The Hall–Kier alpha value is -1.17. The van der Waals surface area contributed by atoms with Gasteiger partial charge in [-0.25, -0.2) is 4.98 Å². The second-order valence-electron chi connectivity index (χ2n) is 5.08. The van der Waals surface area contributed by atoms with E-state index in [-0.39, 0.29) is 6.61 Å². The Labute approximate surface area is 115 Å². The molecule has 0 radical (unpaired) electrons. The number of hydrogen-bond acceptors (Lipinski definition) is 5. The number of nitrogens with zero attached hydrogens (tertiary/aromatic N) is 3. The maximum absolute atomic E-state index is 9.02. The fourth-order valence-electron chi connectivity index (χ4n) is 2.57. The van der Waals surface area contributed by atoms with E-state index in [1.807, 2.05) is 13.0 Å². The minimum absolute atomic E-state index is 0.236. The van der Waals surface area contributed by atoms with E-state index >= 15 is 0 Å². The van der Waals surface area contributed by atoms with Crippen molar-refractivity contribution in [2.24, 2.45) is 5.73 Å². The van der Waals surface area contributed by atoms with E-state index in [2.05, 4.69) is 20.9 Å². The lowest BCUT2D eigenvalue weighted by atomic mass is 10.2. The first-order chi connectivity index (χ1) is 9.22. The molecule has 19 heavy (non-hydrogen) atoms.